The number of aryl methyl sites for hydroxylation is 1. The van der Waals surface area contributed by atoms with Crippen LogP contribution in [0.15, 0.2) is 41.5 Å². The van der Waals surface area contributed by atoms with Gasteiger partial charge in [-0.25, -0.2) is 14.4 Å². The quantitative estimate of drug-likeness (QED) is 0.579. The standard InChI is InChI=1S/C22H31FN6/c1-4-24-22(26-15-18-7-8-20(23)17(2)14-18)27-16-19-6-5-9-25-21(19)29-12-10-28(3)11-13-29/h5-9,14H,4,10-13,15-16H2,1-3H3,(H2,24,26,27). The Labute approximate surface area is 172 Å². The predicted molar refractivity (Wildman–Crippen MR) is 117 cm³/mol. The molecule has 0 bridgehead atoms. The summed E-state index contributed by atoms with van der Waals surface area (Å²) in [4.78, 5) is 14.0. The van der Waals surface area contributed by atoms with Gasteiger partial charge >= 0.3 is 0 Å². The van der Waals surface area contributed by atoms with E-state index in [0.29, 0.717) is 18.7 Å². The average molecular weight is 399 g/mol. The smallest absolute Gasteiger partial charge is 0.191 e. The number of anilines is 1. The molecule has 1 saturated heterocycles. The van der Waals surface area contributed by atoms with Crippen LogP contribution in [0.25, 0.3) is 0 Å². The number of aliphatic imine (C=N–C) groups is 1. The molecular weight excluding hydrogens is 367 g/mol. The lowest BCUT2D eigenvalue weighted by Crippen LogP contribution is -2.45. The zero-order valence-electron chi connectivity index (χ0n) is 17.6. The lowest BCUT2D eigenvalue weighted by atomic mass is 10.1. The largest absolute Gasteiger partial charge is 0.357 e. The summed E-state index contributed by atoms with van der Waals surface area (Å²) in [6.45, 7) is 9.78. The third-order valence-corrected chi connectivity index (χ3v) is 5.10. The molecule has 3 rings (SSSR count). The van der Waals surface area contributed by atoms with E-state index in [2.05, 4.69) is 43.5 Å². The van der Waals surface area contributed by atoms with Crippen molar-refractivity contribution in [2.24, 2.45) is 4.99 Å². The monoisotopic (exact) mass is 398 g/mol. The second-order valence-corrected chi connectivity index (χ2v) is 7.41. The number of rotatable bonds is 6. The molecule has 0 atom stereocenters. The minimum absolute atomic E-state index is 0.184. The Hall–Kier alpha value is -2.67. The number of halogens is 1. The van der Waals surface area contributed by atoms with E-state index in [-0.39, 0.29) is 5.82 Å². The van der Waals surface area contributed by atoms with Crippen molar-refractivity contribution in [3.05, 3.63) is 59.0 Å². The van der Waals surface area contributed by atoms with Gasteiger partial charge in [0.15, 0.2) is 5.96 Å². The summed E-state index contributed by atoms with van der Waals surface area (Å²) in [6.07, 6.45) is 1.85. The summed E-state index contributed by atoms with van der Waals surface area (Å²) < 4.78 is 13.5. The molecule has 1 aliphatic heterocycles. The Kier molecular flexibility index (Phi) is 7.41. The van der Waals surface area contributed by atoms with E-state index < -0.39 is 0 Å². The Bertz CT molecular complexity index is 830. The van der Waals surface area contributed by atoms with Crippen molar-refractivity contribution in [2.45, 2.75) is 26.9 Å². The molecule has 0 saturated carbocycles. The number of pyridine rings is 1. The molecule has 6 nitrogen and oxygen atoms in total. The fraction of sp³-hybridized carbons (Fsp3) is 0.455. The van der Waals surface area contributed by atoms with Gasteiger partial charge in [-0.15, -0.1) is 0 Å². The van der Waals surface area contributed by atoms with Crippen LogP contribution in [0.5, 0.6) is 0 Å². The van der Waals surface area contributed by atoms with Crippen LogP contribution < -0.4 is 15.5 Å². The fourth-order valence-electron chi connectivity index (χ4n) is 3.37. The number of likely N-dealkylation sites (N-methyl/N-ethyl adjacent to an activating group) is 1. The molecule has 1 fully saturated rings. The van der Waals surface area contributed by atoms with E-state index >= 15 is 0 Å². The van der Waals surface area contributed by atoms with Gasteiger partial charge in [0.1, 0.15) is 11.6 Å². The van der Waals surface area contributed by atoms with Crippen molar-refractivity contribution in [3.63, 3.8) is 0 Å². The second-order valence-electron chi connectivity index (χ2n) is 7.41. The maximum atomic E-state index is 13.5. The molecule has 2 heterocycles. The third kappa shape index (κ3) is 5.90. The van der Waals surface area contributed by atoms with Crippen molar-refractivity contribution < 1.29 is 4.39 Å². The lowest BCUT2D eigenvalue weighted by molar-refractivity contribution is 0.312. The molecule has 1 aromatic heterocycles. The molecule has 0 unspecified atom stereocenters. The first-order valence-electron chi connectivity index (χ1n) is 10.2. The van der Waals surface area contributed by atoms with Crippen LogP contribution in [-0.2, 0) is 13.1 Å². The zero-order valence-corrected chi connectivity index (χ0v) is 17.6. The van der Waals surface area contributed by atoms with Gasteiger partial charge in [-0.3, -0.25) is 0 Å². The molecule has 0 amide bonds. The molecule has 0 spiro atoms. The summed E-state index contributed by atoms with van der Waals surface area (Å²) in [5.74, 6) is 1.59. The van der Waals surface area contributed by atoms with E-state index in [1.807, 2.05) is 25.3 Å². The van der Waals surface area contributed by atoms with Gasteiger partial charge in [-0.1, -0.05) is 18.2 Å². The molecule has 1 aromatic carbocycles. The zero-order chi connectivity index (χ0) is 20.6. The minimum Gasteiger partial charge on any atom is -0.357 e. The molecule has 0 radical (unpaired) electrons. The van der Waals surface area contributed by atoms with E-state index in [9.17, 15) is 4.39 Å². The van der Waals surface area contributed by atoms with Crippen molar-refractivity contribution in [1.82, 2.24) is 20.5 Å². The van der Waals surface area contributed by atoms with Crippen LogP contribution in [0, 0.1) is 12.7 Å². The first kappa shape index (κ1) is 21.0. The second kappa shape index (κ2) is 10.2. The number of hydrogen-bond acceptors (Lipinski definition) is 4. The number of nitrogens with one attached hydrogen (secondary N) is 2. The normalized spacial score (nSPS) is 15.4. The van der Waals surface area contributed by atoms with Gasteiger partial charge < -0.3 is 20.4 Å². The number of guanidine groups is 1. The maximum Gasteiger partial charge on any atom is 0.191 e. The predicted octanol–water partition coefficient (Wildman–Crippen LogP) is 2.54. The first-order valence-corrected chi connectivity index (χ1v) is 10.2. The summed E-state index contributed by atoms with van der Waals surface area (Å²) >= 11 is 0. The van der Waals surface area contributed by atoms with Crippen LogP contribution in [0.1, 0.15) is 23.6 Å². The van der Waals surface area contributed by atoms with Crippen LogP contribution in [0.2, 0.25) is 0 Å². The summed E-state index contributed by atoms with van der Waals surface area (Å²) in [5, 5.41) is 6.69. The Morgan fingerprint density at radius 2 is 1.97 bits per heavy atom. The van der Waals surface area contributed by atoms with Crippen LogP contribution >= 0.6 is 0 Å². The summed E-state index contributed by atoms with van der Waals surface area (Å²) in [6, 6.07) is 9.21. The number of nitrogens with zero attached hydrogens (tertiary/aromatic N) is 4. The maximum absolute atomic E-state index is 13.5. The van der Waals surface area contributed by atoms with Crippen molar-refractivity contribution in [3.8, 4) is 0 Å². The Morgan fingerprint density at radius 3 is 2.69 bits per heavy atom. The first-order chi connectivity index (χ1) is 14.1. The molecule has 2 aromatic rings. The van der Waals surface area contributed by atoms with E-state index in [4.69, 9.17) is 0 Å². The Morgan fingerprint density at radius 1 is 1.17 bits per heavy atom. The summed E-state index contributed by atoms with van der Waals surface area (Å²) in [7, 11) is 2.15. The topological polar surface area (TPSA) is 55.8 Å². The number of piperazine rings is 1. The number of hydrogen-bond donors (Lipinski definition) is 2. The minimum atomic E-state index is -0.184. The SMILES string of the molecule is CCNC(=NCc1ccc(F)c(C)c1)NCc1cccnc1N1CCN(C)CC1. The highest BCUT2D eigenvalue weighted by atomic mass is 19.1. The molecule has 156 valence electrons. The Balaban J connectivity index is 1.66. The van der Waals surface area contributed by atoms with Crippen molar-refractivity contribution in [1.29, 1.82) is 0 Å². The van der Waals surface area contributed by atoms with Gasteiger partial charge in [0.25, 0.3) is 0 Å². The molecule has 2 N–H and O–H groups in total. The third-order valence-electron chi connectivity index (χ3n) is 5.10. The molecular formula is C22H31FN6. The van der Waals surface area contributed by atoms with Crippen molar-refractivity contribution in [2.75, 3.05) is 44.7 Å². The highest BCUT2D eigenvalue weighted by Gasteiger charge is 2.18. The highest BCUT2D eigenvalue weighted by Crippen LogP contribution is 2.18. The van der Waals surface area contributed by atoms with Gasteiger partial charge in [-0.05, 0) is 44.2 Å². The number of aromatic nitrogens is 1. The molecule has 29 heavy (non-hydrogen) atoms. The van der Waals surface area contributed by atoms with E-state index in [1.165, 1.54) is 6.07 Å². The van der Waals surface area contributed by atoms with Crippen molar-refractivity contribution >= 4 is 11.8 Å². The van der Waals surface area contributed by atoms with Gasteiger partial charge in [0.05, 0.1) is 6.54 Å². The van der Waals surface area contributed by atoms with E-state index in [0.717, 1.165) is 55.6 Å². The summed E-state index contributed by atoms with van der Waals surface area (Å²) in [5.41, 5.74) is 2.78. The van der Waals surface area contributed by atoms with Gasteiger partial charge in [0.2, 0.25) is 0 Å². The molecule has 0 aliphatic carbocycles. The van der Waals surface area contributed by atoms with Gasteiger partial charge in [-0.2, -0.15) is 0 Å². The molecule has 7 heteroatoms. The molecule has 1 aliphatic rings. The van der Waals surface area contributed by atoms with E-state index in [1.54, 1.807) is 13.0 Å². The van der Waals surface area contributed by atoms with Gasteiger partial charge in [0, 0.05) is 51.0 Å². The number of benzene rings is 1. The van der Waals surface area contributed by atoms with Crippen LogP contribution in [0.4, 0.5) is 10.2 Å². The fourth-order valence-corrected chi connectivity index (χ4v) is 3.37. The van der Waals surface area contributed by atoms with Crippen LogP contribution in [0.3, 0.4) is 0 Å². The van der Waals surface area contributed by atoms with Crippen LogP contribution in [-0.4, -0.2) is 55.6 Å². The average Bonchev–Trinajstić information content (AvgIpc) is 2.73. The lowest BCUT2D eigenvalue weighted by Gasteiger charge is -2.34. The highest BCUT2D eigenvalue weighted by molar-refractivity contribution is 5.79.